The van der Waals surface area contributed by atoms with E-state index in [1.807, 2.05) is 24.3 Å². The first-order valence-electron chi connectivity index (χ1n) is 6.54. The third-order valence-electron chi connectivity index (χ3n) is 3.30. The summed E-state index contributed by atoms with van der Waals surface area (Å²) >= 11 is 0. The summed E-state index contributed by atoms with van der Waals surface area (Å²) in [6.07, 6.45) is 0.977. The largest absolute Gasteiger partial charge is 0.355 e. The molecule has 0 saturated heterocycles. The van der Waals surface area contributed by atoms with Crippen molar-refractivity contribution >= 4 is 15.9 Å². The molecule has 1 atom stereocenters. The van der Waals surface area contributed by atoms with Crippen LogP contribution in [0.1, 0.15) is 17.5 Å². The van der Waals surface area contributed by atoms with Gasteiger partial charge in [0, 0.05) is 13.1 Å². The van der Waals surface area contributed by atoms with Gasteiger partial charge in [-0.15, -0.1) is 0 Å². The molecule has 0 bridgehead atoms. The zero-order valence-electron chi connectivity index (χ0n) is 11.1. The van der Waals surface area contributed by atoms with Crippen molar-refractivity contribution in [2.45, 2.75) is 25.4 Å². The number of nitrogens with two attached hydrogens (primary N) is 1. The summed E-state index contributed by atoms with van der Waals surface area (Å²) in [5.74, 6) is -0.220. The highest BCUT2D eigenvalue weighted by Gasteiger charge is 2.23. The second-order valence-electron chi connectivity index (χ2n) is 4.92. The minimum atomic E-state index is -3.45. The van der Waals surface area contributed by atoms with E-state index in [2.05, 4.69) is 10.6 Å². The van der Waals surface area contributed by atoms with Crippen molar-refractivity contribution in [3.8, 4) is 0 Å². The van der Waals surface area contributed by atoms with Gasteiger partial charge in [0.05, 0.1) is 11.8 Å². The average molecular weight is 297 g/mol. The van der Waals surface area contributed by atoms with E-state index in [1.54, 1.807) is 0 Å². The number of amides is 1. The Morgan fingerprint density at radius 3 is 2.75 bits per heavy atom. The fourth-order valence-corrected chi connectivity index (χ4v) is 2.79. The molecule has 110 valence electrons. The summed E-state index contributed by atoms with van der Waals surface area (Å²) < 4.78 is 21.5. The van der Waals surface area contributed by atoms with Gasteiger partial charge >= 0.3 is 0 Å². The first-order valence-corrected chi connectivity index (χ1v) is 8.25. The summed E-state index contributed by atoms with van der Waals surface area (Å²) in [4.78, 5) is 12.0. The molecule has 0 aromatic heterocycles. The van der Waals surface area contributed by atoms with E-state index >= 15 is 0 Å². The van der Waals surface area contributed by atoms with Crippen LogP contribution in [0, 0.1) is 0 Å². The molecule has 1 aliphatic rings. The third kappa shape index (κ3) is 4.29. The van der Waals surface area contributed by atoms with Crippen LogP contribution in [0.5, 0.6) is 0 Å². The van der Waals surface area contributed by atoms with E-state index < -0.39 is 10.0 Å². The van der Waals surface area contributed by atoms with E-state index in [0.717, 1.165) is 0 Å². The number of primary sulfonamides is 1. The van der Waals surface area contributed by atoms with Crippen LogP contribution in [-0.2, 0) is 27.8 Å². The van der Waals surface area contributed by atoms with E-state index in [0.29, 0.717) is 25.9 Å². The molecule has 0 unspecified atom stereocenters. The number of rotatable bonds is 5. The maximum absolute atomic E-state index is 12.0. The average Bonchev–Trinajstić information content (AvgIpc) is 2.42. The lowest BCUT2D eigenvalue weighted by Crippen LogP contribution is -2.48. The number of carbonyl (C=O) groups excluding carboxylic acids is 1. The van der Waals surface area contributed by atoms with Gasteiger partial charge in [0.2, 0.25) is 15.9 Å². The van der Waals surface area contributed by atoms with Gasteiger partial charge in [-0.3, -0.25) is 4.79 Å². The second kappa shape index (κ2) is 6.34. The molecule has 0 aliphatic carbocycles. The highest BCUT2D eigenvalue weighted by Crippen LogP contribution is 2.16. The molecule has 1 aliphatic heterocycles. The molecule has 0 radical (unpaired) electrons. The van der Waals surface area contributed by atoms with Crippen molar-refractivity contribution in [2.75, 3.05) is 12.3 Å². The SMILES string of the molecule is NS(=O)(=O)CCCNC(=O)[C@@H]1Cc2ccccc2CN1. The van der Waals surface area contributed by atoms with Crippen molar-refractivity contribution in [3.05, 3.63) is 35.4 Å². The topological polar surface area (TPSA) is 101 Å². The molecule has 7 heteroatoms. The number of hydrogen-bond acceptors (Lipinski definition) is 4. The summed E-state index contributed by atoms with van der Waals surface area (Å²) in [6, 6.07) is 7.75. The number of carbonyl (C=O) groups is 1. The van der Waals surface area contributed by atoms with E-state index in [-0.39, 0.29) is 17.7 Å². The fraction of sp³-hybridized carbons (Fsp3) is 0.462. The quantitative estimate of drug-likeness (QED) is 0.637. The summed E-state index contributed by atoms with van der Waals surface area (Å²) in [5, 5.41) is 10.8. The first-order chi connectivity index (χ1) is 9.46. The Kier molecular flexibility index (Phi) is 4.74. The van der Waals surface area contributed by atoms with Gasteiger partial charge in [-0.1, -0.05) is 24.3 Å². The smallest absolute Gasteiger partial charge is 0.237 e. The monoisotopic (exact) mass is 297 g/mol. The van der Waals surface area contributed by atoms with Crippen LogP contribution in [0.15, 0.2) is 24.3 Å². The van der Waals surface area contributed by atoms with Crippen molar-refractivity contribution < 1.29 is 13.2 Å². The van der Waals surface area contributed by atoms with Gasteiger partial charge in [0.25, 0.3) is 0 Å². The first kappa shape index (κ1) is 15.0. The Morgan fingerprint density at radius 2 is 2.05 bits per heavy atom. The van der Waals surface area contributed by atoms with Crippen LogP contribution < -0.4 is 15.8 Å². The molecule has 1 aromatic rings. The van der Waals surface area contributed by atoms with Crippen LogP contribution in [-0.4, -0.2) is 32.7 Å². The van der Waals surface area contributed by atoms with Gasteiger partial charge in [-0.05, 0) is 24.0 Å². The van der Waals surface area contributed by atoms with Crippen molar-refractivity contribution in [3.63, 3.8) is 0 Å². The lowest BCUT2D eigenvalue weighted by Gasteiger charge is -2.25. The minimum Gasteiger partial charge on any atom is -0.355 e. The van der Waals surface area contributed by atoms with Crippen molar-refractivity contribution in [2.24, 2.45) is 5.14 Å². The molecule has 1 heterocycles. The van der Waals surface area contributed by atoms with Crippen LogP contribution >= 0.6 is 0 Å². The maximum Gasteiger partial charge on any atom is 0.237 e. The zero-order valence-corrected chi connectivity index (χ0v) is 11.9. The predicted molar refractivity (Wildman–Crippen MR) is 76.4 cm³/mol. The molecule has 0 fully saturated rings. The molecule has 4 N–H and O–H groups in total. The van der Waals surface area contributed by atoms with Crippen molar-refractivity contribution in [1.29, 1.82) is 0 Å². The van der Waals surface area contributed by atoms with Crippen LogP contribution in [0.4, 0.5) is 0 Å². The summed E-state index contributed by atoms with van der Waals surface area (Å²) in [6.45, 7) is 0.987. The molecule has 6 nitrogen and oxygen atoms in total. The van der Waals surface area contributed by atoms with Crippen LogP contribution in [0.25, 0.3) is 0 Å². The molecule has 0 saturated carbocycles. The third-order valence-corrected chi connectivity index (χ3v) is 4.16. The standard InChI is InChI=1S/C13H19N3O3S/c14-20(18,19)7-3-6-15-13(17)12-8-10-4-1-2-5-11(10)9-16-12/h1-2,4-5,12,16H,3,6-9H2,(H,15,17)(H2,14,18,19)/t12-/m0/s1. The van der Waals surface area contributed by atoms with E-state index in [9.17, 15) is 13.2 Å². The molecular formula is C13H19N3O3S. The summed E-state index contributed by atoms with van der Waals surface area (Å²) in [5.41, 5.74) is 2.39. The highest BCUT2D eigenvalue weighted by atomic mass is 32.2. The molecular weight excluding hydrogens is 278 g/mol. The Labute approximate surface area is 118 Å². The lowest BCUT2D eigenvalue weighted by molar-refractivity contribution is -0.123. The Bertz CT molecular complexity index is 586. The fourth-order valence-electron chi connectivity index (χ4n) is 2.25. The highest BCUT2D eigenvalue weighted by molar-refractivity contribution is 7.89. The van der Waals surface area contributed by atoms with Gasteiger partial charge in [-0.2, -0.15) is 0 Å². The molecule has 1 aromatic carbocycles. The van der Waals surface area contributed by atoms with E-state index in [1.165, 1.54) is 11.1 Å². The van der Waals surface area contributed by atoms with Gasteiger partial charge in [0.1, 0.15) is 0 Å². The normalized spacial score (nSPS) is 18.4. The van der Waals surface area contributed by atoms with Gasteiger partial charge < -0.3 is 10.6 Å². The molecule has 0 spiro atoms. The van der Waals surface area contributed by atoms with Crippen molar-refractivity contribution in [1.82, 2.24) is 10.6 Å². The molecule has 20 heavy (non-hydrogen) atoms. The summed E-state index contributed by atoms with van der Waals surface area (Å²) in [7, 11) is -3.45. The molecule has 1 amide bonds. The number of sulfonamides is 1. The second-order valence-corrected chi connectivity index (χ2v) is 6.65. The predicted octanol–water partition coefficient (Wildman–Crippen LogP) is -0.504. The number of benzene rings is 1. The van der Waals surface area contributed by atoms with Crippen LogP contribution in [0.2, 0.25) is 0 Å². The van der Waals surface area contributed by atoms with Crippen LogP contribution in [0.3, 0.4) is 0 Å². The number of nitrogens with one attached hydrogen (secondary N) is 2. The number of hydrogen-bond donors (Lipinski definition) is 3. The zero-order chi connectivity index (χ0) is 14.6. The van der Waals surface area contributed by atoms with Gasteiger partial charge in [-0.25, -0.2) is 13.6 Å². The Hall–Kier alpha value is -1.44. The van der Waals surface area contributed by atoms with Gasteiger partial charge in [0.15, 0.2) is 0 Å². The minimum absolute atomic E-state index is 0.103. The maximum atomic E-state index is 12.0. The Balaban J connectivity index is 1.80. The Morgan fingerprint density at radius 1 is 1.35 bits per heavy atom. The number of fused-ring (bicyclic) bond motifs is 1. The molecule has 2 rings (SSSR count). The van der Waals surface area contributed by atoms with E-state index in [4.69, 9.17) is 5.14 Å². The lowest BCUT2D eigenvalue weighted by atomic mass is 9.95.